The fourth-order valence-electron chi connectivity index (χ4n) is 4.83. The molecule has 0 atom stereocenters. The van der Waals surface area contributed by atoms with Crippen LogP contribution in [0.2, 0.25) is 0 Å². The van der Waals surface area contributed by atoms with Crippen LogP contribution >= 0.6 is 0 Å². The first-order chi connectivity index (χ1) is 15.1. The van der Waals surface area contributed by atoms with Crippen LogP contribution in [0.3, 0.4) is 0 Å². The third kappa shape index (κ3) is 3.60. The second-order valence-corrected chi connectivity index (χ2v) is 8.15. The molecule has 2 N–H and O–H groups in total. The number of nitrogens with zero attached hydrogens (tertiary/aromatic N) is 2. The summed E-state index contributed by atoms with van der Waals surface area (Å²) >= 11 is 0. The van der Waals surface area contributed by atoms with Gasteiger partial charge in [0, 0.05) is 29.0 Å². The Bertz CT molecular complexity index is 1090. The summed E-state index contributed by atoms with van der Waals surface area (Å²) in [6, 6.07) is 24.4. The maximum absolute atomic E-state index is 10.8. The Hall–Kier alpha value is -3.48. The van der Waals surface area contributed by atoms with Gasteiger partial charge in [0.15, 0.2) is 0 Å². The van der Waals surface area contributed by atoms with Crippen molar-refractivity contribution in [3.8, 4) is 11.1 Å². The number of nitro groups is 1. The molecule has 1 aliphatic carbocycles. The Labute approximate surface area is 181 Å². The molecule has 0 radical (unpaired) electrons. The highest BCUT2D eigenvalue weighted by atomic mass is 16.6. The molecular formula is C25H25N4O2+. The van der Waals surface area contributed by atoms with Crippen molar-refractivity contribution in [3.05, 3.63) is 106 Å². The van der Waals surface area contributed by atoms with Crippen LogP contribution in [0.25, 0.3) is 16.8 Å². The summed E-state index contributed by atoms with van der Waals surface area (Å²) in [5.41, 5.74) is 10.7. The zero-order chi connectivity index (χ0) is 21.4. The second kappa shape index (κ2) is 7.98. The minimum absolute atomic E-state index is 0.0888. The van der Waals surface area contributed by atoms with E-state index in [0.717, 1.165) is 37.4 Å². The zero-order valence-corrected chi connectivity index (χ0v) is 17.3. The third-order valence-corrected chi connectivity index (χ3v) is 6.37. The van der Waals surface area contributed by atoms with Crippen LogP contribution in [0.4, 0.5) is 5.69 Å². The van der Waals surface area contributed by atoms with E-state index in [1.54, 1.807) is 17.0 Å². The lowest BCUT2D eigenvalue weighted by Gasteiger charge is -2.36. The number of hydrazine groups is 1. The van der Waals surface area contributed by atoms with Crippen molar-refractivity contribution in [1.82, 2.24) is 10.4 Å². The zero-order valence-electron chi connectivity index (χ0n) is 17.3. The third-order valence-electron chi connectivity index (χ3n) is 6.37. The molecule has 3 aromatic rings. The van der Waals surface area contributed by atoms with E-state index in [0.29, 0.717) is 6.04 Å². The molecule has 5 rings (SSSR count). The monoisotopic (exact) mass is 413 g/mol. The largest absolute Gasteiger partial charge is 0.323 e. The smallest absolute Gasteiger partial charge is 0.269 e. The van der Waals surface area contributed by atoms with Gasteiger partial charge < -0.3 is 10.3 Å². The highest BCUT2D eigenvalue weighted by Crippen LogP contribution is 2.41. The summed E-state index contributed by atoms with van der Waals surface area (Å²) in [6.45, 7) is 7.97. The number of hydrogen-bond acceptors (Lipinski definition) is 4. The van der Waals surface area contributed by atoms with Crippen LogP contribution in [0.15, 0.2) is 79.4 Å². The number of nitrogens with one attached hydrogen (secondary N) is 2. The number of hydrogen-bond donors (Lipinski definition) is 2. The van der Waals surface area contributed by atoms with Gasteiger partial charge in [-0.15, -0.1) is 0 Å². The lowest BCUT2D eigenvalue weighted by molar-refractivity contribution is -0.929. The van der Waals surface area contributed by atoms with Crippen LogP contribution in [-0.4, -0.2) is 36.1 Å². The Morgan fingerprint density at radius 3 is 2.03 bits per heavy atom. The molecule has 31 heavy (non-hydrogen) atoms. The Morgan fingerprint density at radius 2 is 1.48 bits per heavy atom. The van der Waals surface area contributed by atoms with Crippen molar-refractivity contribution < 1.29 is 9.82 Å². The van der Waals surface area contributed by atoms with Crippen molar-refractivity contribution in [3.63, 3.8) is 0 Å². The molecule has 0 unspecified atom stereocenters. The average molecular weight is 414 g/mol. The van der Waals surface area contributed by atoms with Gasteiger partial charge in [-0.05, 0) is 28.8 Å². The number of non-ortho nitro benzene ring substituents is 1. The van der Waals surface area contributed by atoms with E-state index in [-0.39, 0.29) is 10.6 Å². The highest BCUT2D eigenvalue weighted by Gasteiger charge is 2.37. The molecule has 0 saturated carbocycles. The van der Waals surface area contributed by atoms with E-state index >= 15 is 0 Å². The first-order valence-corrected chi connectivity index (χ1v) is 10.6. The standard InChI is InChI=1S/C25H24N4O2/c1-18(19-10-12-20(13-11-19)29(30)31)26-28-16-14-27(15-17-28)25-23-8-4-2-6-21(23)22-7-3-5-9-24(22)25/h2-13,25-26H,1,14-17H2/p+1. The predicted octanol–water partition coefficient (Wildman–Crippen LogP) is 3.04. The first kappa shape index (κ1) is 19.5. The summed E-state index contributed by atoms with van der Waals surface area (Å²) in [4.78, 5) is 12.0. The van der Waals surface area contributed by atoms with Crippen LogP contribution in [0, 0.1) is 10.1 Å². The van der Waals surface area contributed by atoms with E-state index in [1.807, 2.05) is 0 Å². The maximum atomic E-state index is 10.8. The molecule has 1 heterocycles. The van der Waals surface area contributed by atoms with Gasteiger partial charge in [0.25, 0.3) is 5.69 Å². The van der Waals surface area contributed by atoms with E-state index < -0.39 is 0 Å². The maximum Gasteiger partial charge on any atom is 0.269 e. The molecule has 0 bridgehead atoms. The number of benzene rings is 3. The number of rotatable bonds is 5. The molecule has 0 aromatic heterocycles. The van der Waals surface area contributed by atoms with Crippen molar-refractivity contribution in [2.45, 2.75) is 6.04 Å². The fourth-order valence-corrected chi connectivity index (χ4v) is 4.83. The molecule has 6 nitrogen and oxygen atoms in total. The molecule has 3 aromatic carbocycles. The number of fused-ring (bicyclic) bond motifs is 3. The molecule has 1 aliphatic heterocycles. The Kier molecular flexibility index (Phi) is 5.02. The van der Waals surface area contributed by atoms with Crippen molar-refractivity contribution in [1.29, 1.82) is 0 Å². The number of quaternary nitrogens is 1. The quantitative estimate of drug-likeness (QED) is 0.499. The van der Waals surface area contributed by atoms with Crippen molar-refractivity contribution in [2.75, 3.05) is 26.2 Å². The summed E-state index contributed by atoms with van der Waals surface area (Å²) in [5.74, 6) is 0. The molecule has 156 valence electrons. The van der Waals surface area contributed by atoms with Crippen LogP contribution in [0.5, 0.6) is 0 Å². The van der Waals surface area contributed by atoms with Gasteiger partial charge in [-0.3, -0.25) is 10.1 Å². The van der Waals surface area contributed by atoms with Gasteiger partial charge in [0.2, 0.25) is 0 Å². The molecule has 1 saturated heterocycles. The summed E-state index contributed by atoms with van der Waals surface area (Å²) in [6.07, 6.45) is 0. The average Bonchev–Trinajstić information content (AvgIpc) is 3.14. The molecule has 0 amide bonds. The van der Waals surface area contributed by atoms with Gasteiger partial charge >= 0.3 is 0 Å². The highest BCUT2D eigenvalue weighted by molar-refractivity contribution is 5.77. The second-order valence-electron chi connectivity index (χ2n) is 8.15. The lowest BCUT2D eigenvalue weighted by Crippen LogP contribution is -3.15. The van der Waals surface area contributed by atoms with Gasteiger partial charge in [-0.25, -0.2) is 5.01 Å². The van der Waals surface area contributed by atoms with Crippen molar-refractivity contribution >= 4 is 11.4 Å². The van der Waals surface area contributed by atoms with Gasteiger partial charge in [-0.1, -0.05) is 55.1 Å². The normalized spacial score (nSPS) is 16.5. The topological polar surface area (TPSA) is 62.8 Å². The summed E-state index contributed by atoms with van der Waals surface area (Å²) in [7, 11) is 0. The Morgan fingerprint density at radius 1 is 0.935 bits per heavy atom. The lowest BCUT2D eigenvalue weighted by atomic mass is 10.0. The van der Waals surface area contributed by atoms with E-state index in [1.165, 1.54) is 34.4 Å². The van der Waals surface area contributed by atoms with E-state index in [9.17, 15) is 10.1 Å². The molecule has 1 fully saturated rings. The molecule has 6 heteroatoms. The molecule has 2 aliphatic rings. The minimum atomic E-state index is -0.388. The minimum Gasteiger partial charge on any atom is -0.323 e. The van der Waals surface area contributed by atoms with Crippen molar-refractivity contribution in [2.24, 2.45) is 0 Å². The van der Waals surface area contributed by atoms with E-state index in [4.69, 9.17) is 0 Å². The Balaban J connectivity index is 1.26. The van der Waals surface area contributed by atoms with Crippen LogP contribution in [-0.2, 0) is 0 Å². The van der Waals surface area contributed by atoms with Crippen LogP contribution < -0.4 is 10.3 Å². The van der Waals surface area contributed by atoms with Gasteiger partial charge in [0.1, 0.15) is 6.04 Å². The molecule has 0 spiro atoms. The van der Waals surface area contributed by atoms with Gasteiger partial charge in [0.05, 0.1) is 31.1 Å². The SMILES string of the molecule is C=C(NN1CC[NH+](C2c3ccccc3-c3ccccc32)CC1)c1ccc([N+](=O)[O-])cc1. The number of nitro benzene ring substituents is 1. The number of piperazine rings is 1. The van der Waals surface area contributed by atoms with E-state index in [2.05, 4.69) is 65.5 Å². The van der Waals surface area contributed by atoms with Gasteiger partial charge in [-0.2, -0.15) is 0 Å². The fraction of sp³-hybridized carbons (Fsp3) is 0.200. The first-order valence-electron chi connectivity index (χ1n) is 10.6. The molecular weight excluding hydrogens is 388 g/mol. The summed E-state index contributed by atoms with van der Waals surface area (Å²) in [5, 5.41) is 13.0. The predicted molar refractivity (Wildman–Crippen MR) is 121 cm³/mol. The summed E-state index contributed by atoms with van der Waals surface area (Å²) < 4.78 is 0. The van der Waals surface area contributed by atoms with Crippen LogP contribution in [0.1, 0.15) is 22.7 Å².